The van der Waals surface area contributed by atoms with E-state index in [0.717, 1.165) is 43.8 Å². The van der Waals surface area contributed by atoms with Crippen LogP contribution in [-0.4, -0.2) is 33.8 Å². The van der Waals surface area contributed by atoms with Crippen molar-refractivity contribution in [3.8, 4) is 5.75 Å². The molecule has 1 unspecified atom stereocenters. The topological polar surface area (TPSA) is 75.2 Å². The third kappa shape index (κ3) is 4.55. The van der Waals surface area contributed by atoms with Gasteiger partial charge < -0.3 is 15.3 Å². The van der Waals surface area contributed by atoms with E-state index < -0.39 is 0 Å². The molecule has 0 saturated carbocycles. The summed E-state index contributed by atoms with van der Waals surface area (Å²) in [5.41, 5.74) is 0. The highest BCUT2D eigenvalue weighted by Gasteiger charge is 2.23. The lowest BCUT2D eigenvalue weighted by atomic mass is 10.1. The van der Waals surface area contributed by atoms with Crippen molar-refractivity contribution in [1.29, 1.82) is 0 Å². The van der Waals surface area contributed by atoms with Crippen LogP contribution in [-0.2, 0) is 4.74 Å². The van der Waals surface area contributed by atoms with E-state index >= 15 is 0 Å². The second-order valence-electron chi connectivity index (χ2n) is 5.57. The zero-order valence-corrected chi connectivity index (χ0v) is 14.9. The van der Waals surface area contributed by atoms with Gasteiger partial charge in [0.1, 0.15) is 11.9 Å². The predicted octanol–water partition coefficient (Wildman–Crippen LogP) is 3.45. The number of rotatable bonds is 7. The molecule has 0 amide bonds. The second-order valence-corrected chi connectivity index (χ2v) is 7.07. The molecule has 1 aliphatic rings. The molecule has 2 heterocycles. The summed E-state index contributed by atoms with van der Waals surface area (Å²) >= 11 is 7.50. The van der Waals surface area contributed by atoms with Crippen LogP contribution in [0, 0.1) is 0 Å². The largest absolute Gasteiger partial charge is 0.494 e. The van der Waals surface area contributed by atoms with Crippen molar-refractivity contribution in [3.63, 3.8) is 0 Å². The number of nitrogens with zero attached hydrogens (tertiary/aromatic N) is 3. The minimum Gasteiger partial charge on any atom is -0.494 e. The van der Waals surface area contributed by atoms with Crippen LogP contribution in [0.1, 0.15) is 37.6 Å². The third-order valence-electron chi connectivity index (χ3n) is 3.74. The van der Waals surface area contributed by atoms with Gasteiger partial charge in [-0.2, -0.15) is 0 Å². The Morgan fingerprint density at radius 3 is 3.08 bits per heavy atom. The lowest BCUT2D eigenvalue weighted by molar-refractivity contribution is 0.00780. The fraction of sp³-hybridized carbons (Fsp3) is 0.500. The Morgan fingerprint density at radius 2 is 2.29 bits per heavy atom. The molecule has 1 aliphatic heterocycles. The summed E-state index contributed by atoms with van der Waals surface area (Å²) in [5, 5.41) is 9.75. The number of ether oxygens (including phenoxy) is 2. The maximum Gasteiger partial charge on any atom is 0.209 e. The van der Waals surface area contributed by atoms with Gasteiger partial charge in [0.2, 0.25) is 5.16 Å². The van der Waals surface area contributed by atoms with E-state index in [4.69, 9.17) is 26.9 Å². The number of hydrogen-bond donors (Lipinski definition) is 1. The first-order valence-corrected chi connectivity index (χ1v) is 9.43. The van der Waals surface area contributed by atoms with E-state index in [1.54, 1.807) is 16.4 Å². The second kappa shape index (κ2) is 8.60. The number of benzene rings is 1. The van der Waals surface area contributed by atoms with Crippen LogP contribution >= 0.6 is 23.4 Å². The van der Waals surface area contributed by atoms with E-state index in [2.05, 4.69) is 10.2 Å². The first-order valence-electron chi connectivity index (χ1n) is 8.07. The maximum absolute atomic E-state index is 6.10. The predicted molar refractivity (Wildman–Crippen MR) is 95.0 cm³/mol. The first kappa shape index (κ1) is 17.4. The summed E-state index contributed by atoms with van der Waals surface area (Å²) in [4.78, 5) is 0. The summed E-state index contributed by atoms with van der Waals surface area (Å²) in [6, 6.07) is 7.40. The quantitative estimate of drug-likeness (QED) is 0.458. The lowest BCUT2D eigenvalue weighted by Crippen LogP contribution is -2.21. The molecule has 1 saturated heterocycles. The van der Waals surface area contributed by atoms with Gasteiger partial charge in [-0.1, -0.05) is 29.4 Å². The Hall–Kier alpha value is -1.44. The summed E-state index contributed by atoms with van der Waals surface area (Å²) in [7, 11) is 0. The van der Waals surface area contributed by atoms with E-state index in [0.29, 0.717) is 22.6 Å². The lowest BCUT2D eigenvalue weighted by Gasteiger charge is -2.21. The van der Waals surface area contributed by atoms with Crippen LogP contribution in [0.5, 0.6) is 5.75 Å². The summed E-state index contributed by atoms with van der Waals surface area (Å²) in [6.07, 6.45) is 4.04. The first-order chi connectivity index (χ1) is 11.7. The van der Waals surface area contributed by atoms with Gasteiger partial charge in [-0.3, -0.25) is 0 Å². The van der Waals surface area contributed by atoms with Crippen LogP contribution < -0.4 is 10.6 Å². The molecular weight excluding hydrogens is 348 g/mol. The van der Waals surface area contributed by atoms with E-state index in [1.165, 1.54) is 0 Å². The Balaban J connectivity index is 1.43. The SMILES string of the molecule is Nn1c(SCCCOc2cccc(Cl)c2)nnc1C1CCCCO1. The average Bonchev–Trinajstić information content (AvgIpc) is 2.96. The summed E-state index contributed by atoms with van der Waals surface area (Å²) < 4.78 is 12.9. The van der Waals surface area contributed by atoms with Crippen molar-refractivity contribution < 1.29 is 9.47 Å². The average molecular weight is 369 g/mol. The minimum absolute atomic E-state index is 0.0308. The third-order valence-corrected chi connectivity index (χ3v) is 5.01. The highest BCUT2D eigenvalue weighted by Crippen LogP contribution is 2.28. The Labute approximate surface area is 150 Å². The molecule has 3 rings (SSSR count). The molecule has 130 valence electrons. The standard InChI is InChI=1S/C16H21ClN4O2S/c17-12-5-3-6-13(11-12)22-9-4-10-24-16-20-19-15(21(16)18)14-7-1-2-8-23-14/h3,5-6,11,14H,1-2,4,7-10,18H2. The molecule has 1 fully saturated rings. The molecule has 0 aliphatic carbocycles. The van der Waals surface area contributed by atoms with Gasteiger partial charge in [0.25, 0.3) is 0 Å². The van der Waals surface area contributed by atoms with Crippen LogP contribution in [0.15, 0.2) is 29.4 Å². The number of thioether (sulfide) groups is 1. The van der Waals surface area contributed by atoms with Gasteiger partial charge in [0.05, 0.1) is 6.61 Å². The van der Waals surface area contributed by atoms with E-state index in [-0.39, 0.29) is 6.10 Å². The number of hydrogen-bond acceptors (Lipinski definition) is 6. The number of halogens is 1. The molecule has 0 bridgehead atoms. The molecular formula is C16H21ClN4O2S. The van der Waals surface area contributed by atoms with Crippen molar-refractivity contribution in [2.75, 3.05) is 24.8 Å². The molecule has 24 heavy (non-hydrogen) atoms. The van der Waals surface area contributed by atoms with E-state index in [1.807, 2.05) is 24.3 Å². The van der Waals surface area contributed by atoms with Crippen LogP contribution in [0.2, 0.25) is 5.02 Å². The van der Waals surface area contributed by atoms with Gasteiger partial charge in [-0.15, -0.1) is 10.2 Å². The zero-order valence-electron chi connectivity index (χ0n) is 13.4. The molecule has 8 heteroatoms. The van der Waals surface area contributed by atoms with Gasteiger partial charge in [0, 0.05) is 17.4 Å². The minimum atomic E-state index is -0.0308. The summed E-state index contributed by atoms with van der Waals surface area (Å²) in [6.45, 7) is 1.38. The molecule has 0 radical (unpaired) electrons. The molecule has 1 aromatic carbocycles. The highest BCUT2D eigenvalue weighted by molar-refractivity contribution is 7.99. The number of nitrogens with two attached hydrogens (primary N) is 1. The molecule has 0 spiro atoms. The molecule has 6 nitrogen and oxygen atoms in total. The summed E-state index contributed by atoms with van der Waals surface area (Å²) in [5.74, 6) is 8.45. The molecule has 1 atom stereocenters. The zero-order chi connectivity index (χ0) is 16.8. The number of aromatic nitrogens is 3. The highest BCUT2D eigenvalue weighted by atomic mass is 35.5. The van der Waals surface area contributed by atoms with Crippen LogP contribution in [0.3, 0.4) is 0 Å². The van der Waals surface area contributed by atoms with Crippen molar-refractivity contribution in [3.05, 3.63) is 35.1 Å². The smallest absolute Gasteiger partial charge is 0.209 e. The van der Waals surface area contributed by atoms with Crippen molar-refractivity contribution >= 4 is 23.4 Å². The van der Waals surface area contributed by atoms with Crippen molar-refractivity contribution in [2.24, 2.45) is 0 Å². The van der Waals surface area contributed by atoms with E-state index in [9.17, 15) is 0 Å². The number of nitrogen functional groups attached to an aromatic ring is 1. The monoisotopic (exact) mass is 368 g/mol. The van der Waals surface area contributed by atoms with Crippen molar-refractivity contribution in [1.82, 2.24) is 14.9 Å². The Morgan fingerprint density at radius 1 is 1.38 bits per heavy atom. The van der Waals surface area contributed by atoms with Gasteiger partial charge in [-0.25, -0.2) is 4.68 Å². The maximum atomic E-state index is 6.10. The Kier molecular flexibility index (Phi) is 6.23. The Bertz CT molecular complexity index is 661. The van der Waals surface area contributed by atoms with Gasteiger partial charge in [-0.05, 0) is 43.9 Å². The molecule has 2 N–H and O–H groups in total. The fourth-order valence-electron chi connectivity index (χ4n) is 2.52. The molecule has 1 aromatic heterocycles. The van der Waals surface area contributed by atoms with Gasteiger partial charge in [0.15, 0.2) is 5.82 Å². The molecule has 2 aromatic rings. The van der Waals surface area contributed by atoms with Crippen molar-refractivity contribution in [2.45, 2.75) is 36.9 Å². The fourth-order valence-corrected chi connectivity index (χ4v) is 3.48. The van der Waals surface area contributed by atoms with Gasteiger partial charge >= 0.3 is 0 Å². The normalized spacial score (nSPS) is 17.8. The van der Waals surface area contributed by atoms with Crippen LogP contribution in [0.25, 0.3) is 0 Å². The van der Waals surface area contributed by atoms with Crippen LogP contribution in [0.4, 0.5) is 0 Å².